The van der Waals surface area contributed by atoms with E-state index in [4.69, 9.17) is 11.6 Å². The van der Waals surface area contributed by atoms with E-state index in [0.717, 1.165) is 11.1 Å². The number of halogens is 2. The molecule has 0 aliphatic rings. The van der Waals surface area contributed by atoms with E-state index in [0.29, 0.717) is 11.6 Å². The van der Waals surface area contributed by atoms with E-state index < -0.39 is 0 Å². The van der Waals surface area contributed by atoms with Gasteiger partial charge in [0.25, 0.3) is 0 Å². The summed E-state index contributed by atoms with van der Waals surface area (Å²) in [6.07, 6.45) is 0. The maximum absolute atomic E-state index is 12.8. The third-order valence-electron chi connectivity index (χ3n) is 3.34. The maximum atomic E-state index is 12.8. The van der Waals surface area contributed by atoms with Crippen LogP contribution in [0.2, 0.25) is 5.02 Å². The van der Waals surface area contributed by atoms with Crippen molar-refractivity contribution < 1.29 is 9.18 Å². The van der Waals surface area contributed by atoms with Crippen molar-refractivity contribution in [1.29, 1.82) is 0 Å². The van der Waals surface area contributed by atoms with Gasteiger partial charge < -0.3 is 10.6 Å². The van der Waals surface area contributed by atoms with Gasteiger partial charge >= 0.3 is 0 Å². The van der Waals surface area contributed by atoms with Gasteiger partial charge in [0, 0.05) is 17.6 Å². The summed E-state index contributed by atoms with van der Waals surface area (Å²) in [6, 6.07) is 13.6. The molecule has 0 radical (unpaired) electrons. The van der Waals surface area contributed by atoms with Crippen LogP contribution in [0.1, 0.15) is 24.1 Å². The van der Waals surface area contributed by atoms with Gasteiger partial charge in [0.15, 0.2) is 0 Å². The Morgan fingerprint density at radius 2 is 1.86 bits per heavy atom. The van der Waals surface area contributed by atoms with Gasteiger partial charge in [0.2, 0.25) is 5.91 Å². The number of hydrogen-bond acceptors (Lipinski definition) is 2. The zero-order chi connectivity index (χ0) is 15.9. The van der Waals surface area contributed by atoms with Crippen LogP contribution in [0.3, 0.4) is 0 Å². The van der Waals surface area contributed by atoms with Crippen LogP contribution in [-0.2, 0) is 11.3 Å². The molecule has 0 fully saturated rings. The van der Waals surface area contributed by atoms with Crippen molar-refractivity contribution >= 4 is 17.5 Å². The van der Waals surface area contributed by atoms with Crippen molar-refractivity contribution in [3.05, 3.63) is 70.5 Å². The summed E-state index contributed by atoms with van der Waals surface area (Å²) in [6.45, 7) is 2.52. The predicted molar refractivity (Wildman–Crippen MR) is 86.1 cm³/mol. The number of carbonyl (C=O) groups excluding carboxylic acids is 1. The Kier molecular flexibility index (Phi) is 5.92. The summed E-state index contributed by atoms with van der Waals surface area (Å²) in [7, 11) is 0. The van der Waals surface area contributed by atoms with E-state index in [1.807, 2.05) is 31.2 Å². The lowest BCUT2D eigenvalue weighted by Gasteiger charge is -2.15. The molecule has 2 aromatic rings. The molecule has 5 heteroatoms. The molecule has 0 aromatic heterocycles. The molecule has 3 nitrogen and oxygen atoms in total. The van der Waals surface area contributed by atoms with Crippen LogP contribution in [0.5, 0.6) is 0 Å². The average molecular weight is 321 g/mol. The smallest absolute Gasteiger partial charge is 0.234 e. The fraction of sp³-hybridized carbons (Fsp3) is 0.235. The second-order valence-electron chi connectivity index (χ2n) is 5.03. The molecule has 2 rings (SSSR count). The topological polar surface area (TPSA) is 41.1 Å². The molecule has 0 saturated carbocycles. The molecule has 0 bridgehead atoms. The molecule has 1 unspecified atom stereocenters. The monoisotopic (exact) mass is 320 g/mol. The maximum Gasteiger partial charge on any atom is 0.234 e. The SMILES string of the molecule is CC(NCC(=O)NCc1ccc(F)cc1)c1ccccc1Cl. The number of benzene rings is 2. The minimum atomic E-state index is -0.287. The number of hydrogen-bond donors (Lipinski definition) is 2. The molecule has 0 heterocycles. The highest BCUT2D eigenvalue weighted by Crippen LogP contribution is 2.21. The molecule has 2 N–H and O–H groups in total. The van der Waals surface area contributed by atoms with E-state index in [-0.39, 0.29) is 24.3 Å². The molecule has 2 aromatic carbocycles. The minimum Gasteiger partial charge on any atom is -0.351 e. The summed E-state index contributed by atoms with van der Waals surface area (Å²) >= 11 is 6.12. The van der Waals surface area contributed by atoms with Gasteiger partial charge in [-0.3, -0.25) is 4.79 Å². The summed E-state index contributed by atoms with van der Waals surface area (Å²) < 4.78 is 12.8. The van der Waals surface area contributed by atoms with Crippen LogP contribution in [-0.4, -0.2) is 12.5 Å². The van der Waals surface area contributed by atoms with Gasteiger partial charge in [0.05, 0.1) is 6.54 Å². The normalized spacial score (nSPS) is 12.0. The van der Waals surface area contributed by atoms with Crippen molar-refractivity contribution in [3.63, 3.8) is 0 Å². The molecular formula is C17H18ClFN2O. The quantitative estimate of drug-likeness (QED) is 0.856. The van der Waals surface area contributed by atoms with Gasteiger partial charge in [-0.25, -0.2) is 4.39 Å². The standard InChI is InChI=1S/C17H18ClFN2O/c1-12(15-4-2-3-5-16(15)18)20-11-17(22)21-10-13-6-8-14(19)9-7-13/h2-9,12,20H,10-11H2,1H3,(H,21,22). The van der Waals surface area contributed by atoms with Gasteiger partial charge in [-0.1, -0.05) is 41.9 Å². The Bertz CT molecular complexity index is 631. The highest BCUT2D eigenvalue weighted by Gasteiger charge is 2.10. The Hall–Kier alpha value is -1.91. The highest BCUT2D eigenvalue weighted by molar-refractivity contribution is 6.31. The Morgan fingerprint density at radius 1 is 1.18 bits per heavy atom. The van der Waals surface area contributed by atoms with Crippen molar-refractivity contribution in [2.75, 3.05) is 6.54 Å². The number of rotatable bonds is 6. The second-order valence-corrected chi connectivity index (χ2v) is 5.43. The summed E-state index contributed by atoms with van der Waals surface area (Å²) in [5.41, 5.74) is 1.81. The first-order chi connectivity index (χ1) is 10.6. The van der Waals surface area contributed by atoms with Crippen LogP contribution >= 0.6 is 11.6 Å². The van der Waals surface area contributed by atoms with E-state index in [1.165, 1.54) is 12.1 Å². The van der Waals surface area contributed by atoms with Crippen LogP contribution in [0, 0.1) is 5.82 Å². The molecule has 0 aliphatic heterocycles. The third-order valence-corrected chi connectivity index (χ3v) is 3.69. The fourth-order valence-electron chi connectivity index (χ4n) is 2.05. The number of amides is 1. The summed E-state index contributed by atoms with van der Waals surface area (Å²) in [5, 5.41) is 6.59. The molecule has 1 atom stereocenters. The van der Waals surface area contributed by atoms with Gasteiger partial charge in [-0.05, 0) is 36.2 Å². The molecule has 22 heavy (non-hydrogen) atoms. The Balaban J connectivity index is 1.78. The Labute approximate surface area is 134 Å². The molecule has 116 valence electrons. The summed E-state index contributed by atoms with van der Waals surface area (Å²) in [4.78, 5) is 11.8. The van der Waals surface area contributed by atoms with Crippen LogP contribution in [0.4, 0.5) is 4.39 Å². The van der Waals surface area contributed by atoms with Crippen molar-refractivity contribution in [2.24, 2.45) is 0 Å². The lowest BCUT2D eigenvalue weighted by molar-refractivity contribution is -0.120. The minimum absolute atomic E-state index is 0.0229. The molecule has 1 amide bonds. The summed E-state index contributed by atoms with van der Waals surface area (Å²) in [5.74, 6) is -0.409. The van der Waals surface area contributed by atoms with Crippen molar-refractivity contribution in [3.8, 4) is 0 Å². The van der Waals surface area contributed by atoms with Crippen LogP contribution in [0.25, 0.3) is 0 Å². The Morgan fingerprint density at radius 3 is 2.55 bits per heavy atom. The molecular weight excluding hydrogens is 303 g/mol. The second kappa shape index (κ2) is 7.92. The van der Waals surface area contributed by atoms with E-state index in [2.05, 4.69) is 10.6 Å². The van der Waals surface area contributed by atoms with E-state index in [1.54, 1.807) is 12.1 Å². The zero-order valence-electron chi connectivity index (χ0n) is 12.3. The van der Waals surface area contributed by atoms with Gasteiger partial charge in [-0.15, -0.1) is 0 Å². The molecule has 0 aliphatic carbocycles. The van der Waals surface area contributed by atoms with Gasteiger partial charge in [0.1, 0.15) is 5.82 Å². The fourth-order valence-corrected chi connectivity index (χ4v) is 2.35. The number of nitrogens with one attached hydrogen (secondary N) is 2. The lowest BCUT2D eigenvalue weighted by atomic mass is 10.1. The first-order valence-corrected chi connectivity index (χ1v) is 7.43. The van der Waals surface area contributed by atoms with Crippen molar-refractivity contribution in [2.45, 2.75) is 19.5 Å². The van der Waals surface area contributed by atoms with Crippen LogP contribution in [0.15, 0.2) is 48.5 Å². The lowest BCUT2D eigenvalue weighted by Crippen LogP contribution is -2.34. The average Bonchev–Trinajstić information content (AvgIpc) is 2.52. The molecule has 0 saturated heterocycles. The van der Waals surface area contributed by atoms with Gasteiger partial charge in [-0.2, -0.15) is 0 Å². The van der Waals surface area contributed by atoms with E-state index in [9.17, 15) is 9.18 Å². The van der Waals surface area contributed by atoms with E-state index >= 15 is 0 Å². The largest absolute Gasteiger partial charge is 0.351 e. The van der Waals surface area contributed by atoms with Crippen LogP contribution < -0.4 is 10.6 Å². The molecule has 0 spiro atoms. The first kappa shape index (κ1) is 16.5. The van der Waals surface area contributed by atoms with Crippen molar-refractivity contribution in [1.82, 2.24) is 10.6 Å². The highest BCUT2D eigenvalue weighted by atomic mass is 35.5. The predicted octanol–water partition coefficient (Wildman–Crippen LogP) is 3.45. The third kappa shape index (κ3) is 4.83. The zero-order valence-corrected chi connectivity index (χ0v) is 13.0. The first-order valence-electron chi connectivity index (χ1n) is 7.05. The number of carbonyl (C=O) groups is 1.